The van der Waals surface area contributed by atoms with Gasteiger partial charge in [0.25, 0.3) is 0 Å². The molecule has 1 aliphatic rings. The predicted molar refractivity (Wildman–Crippen MR) is 49.7 cm³/mol. The van der Waals surface area contributed by atoms with Gasteiger partial charge in [0.05, 0.1) is 0 Å². The fourth-order valence-electron chi connectivity index (χ4n) is 1.17. The third-order valence-electron chi connectivity index (χ3n) is 3.05. The summed E-state index contributed by atoms with van der Waals surface area (Å²) >= 11 is 0. The maximum Gasteiger partial charge on any atom is 0.00355 e. The van der Waals surface area contributed by atoms with E-state index in [9.17, 15) is 0 Å². The van der Waals surface area contributed by atoms with E-state index in [1.807, 2.05) is 0 Å². The first-order chi connectivity index (χ1) is 5.03. The number of rotatable bonds is 4. The van der Waals surface area contributed by atoms with Crippen molar-refractivity contribution in [3.8, 4) is 0 Å². The van der Waals surface area contributed by atoms with Crippen LogP contribution in [-0.2, 0) is 0 Å². The van der Waals surface area contributed by atoms with Gasteiger partial charge in [-0.1, -0.05) is 6.92 Å². The van der Waals surface area contributed by atoms with Crippen molar-refractivity contribution in [2.24, 2.45) is 5.41 Å². The molecular weight excluding hydrogens is 134 g/mol. The lowest BCUT2D eigenvalue weighted by Crippen LogP contribution is -2.28. The van der Waals surface area contributed by atoms with Crippen molar-refractivity contribution < 1.29 is 0 Å². The molecule has 0 unspecified atom stereocenters. The van der Waals surface area contributed by atoms with E-state index in [4.69, 9.17) is 0 Å². The normalized spacial score (nSPS) is 21.3. The van der Waals surface area contributed by atoms with Crippen LogP contribution in [0.25, 0.3) is 0 Å². The van der Waals surface area contributed by atoms with Crippen LogP contribution in [-0.4, -0.2) is 24.5 Å². The molecule has 0 heterocycles. The summed E-state index contributed by atoms with van der Waals surface area (Å²) in [5.74, 6) is 0. The Morgan fingerprint density at radius 3 is 2.27 bits per heavy atom. The summed E-state index contributed by atoms with van der Waals surface area (Å²) < 4.78 is 0. The molecule has 1 fully saturated rings. The van der Waals surface area contributed by atoms with Crippen LogP contribution in [0.15, 0.2) is 0 Å². The molecule has 0 aromatic heterocycles. The summed E-state index contributed by atoms with van der Waals surface area (Å²) in [6.45, 7) is 8.19. The second-order valence-corrected chi connectivity index (χ2v) is 4.64. The standard InChI is InChI=1S/C10H21N/c1-9(2)11(4)8-7-10(3)5-6-10/h9H,5-8H2,1-4H3. The van der Waals surface area contributed by atoms with Crippen molar-refractivity contribution in [3.05, 3.63) is 0 Å². The van der Waals surface area contributed by atoms with E-state index in [0.717, 1.165) is 5.41 Å². The maximum absolute atomic E-state index is 2.43. The Balaban J connectivity index is 2.11. The van der Waals surface area contributed by atoms with Crippen LogP contribution in [0.3, 0.4) is 0 Å². The zero-order valence-electron chi connectivity index (χ0n) is 8.35. The Kier molecular flexibility index (Phi) is 2.58. The Labute approximate surface area is 70.8 Å². The molecule has 0 spiro atoms. The topological polar surface area (TPSA) is 3.24 Å². The van der Waals surface area contributed by atoms with Gasteiger partial charge in [-0.3, -0.25) is 0 Å². The van der Waals surface area contributed by atoms with E-state index < -0.39 is 0 Å². The predicted octanol–water partition coefficient (Wildman–Crippen LogP) is 2.52. The molecule has 1 rings (SSSR count). The fraction of sp³-hybridized carbons (Fsp3) is 1.00. The van der Waals surface area contributed by atoms with Gasteiger partial charge in [0.15, 0.2) is 0 Å². The van der Waals surface area contributed by atoms with E-state index in [2.05, 4.69) is 32.7 Å². The zero-order valence-corrected chi connectivity index (χ0v) is 8.35. The second kappa shape index (κ2) is 3.14. The second-order valence-electron chi connectivity index (χ2n) is 4.64. The minimum Gasteiger partial charge on any atom is -0.304 e. The molecule has 0 atom stereocenters. The Bertz CT molecular complexity index is 125. The fourth-order valence-corrected chi connectivity index (χ4v) is 1.17. The van der Waals surface area contributed by atoms with Gasteiger partial charge in [-0.15, -0.1) is 0 Å². The Morgan fingerprint density at radius 1 is 1.36 bits per heavy atom. The molecule has 0 N–H and O–H groups in total. The molecule has 0 saturated heterocycles. The quantitative estimate of drug-likeness (QED) is 0.603. The van der Waals surface area contributed by atoms with E-state index in [-0.39, 0.29) is 0 Å². The first-order valence-corrected chi connectivity index (χ1v) is 4.74. The molecule has 0 radical (unpaired) electrons. The number of hydrogen-bond acceptors (Lipinski definition) is 1. The number of hydrogen-bond donors (Lipinski definition) is 0. The lowest BCUT2D eigenvalue weighted by molar-refractivity contribution is 0.250. The highest BCUT2D eigenvalue weighted by Crippen LogP contribution is 2.48. The van der Waals surface area contributed by atoms with Gasteiger partial charge in [0.2, 0.25) is 0 Å². The van der Waals surface area contributed by atoms with Crippen LogP contribution in [0.2, 0.25) is 0 Å². The molecular formula is C10H21N. The van der Waals surface area contributed by atoms with E-state index >= 15 is 0 Å². The Hall–Kier alpha value is -0.0400. The maximum atomic E-state index is 2.43. The van der Waals surface area contributed by atoms with Gasteiger partial charge in [-0.05, 0) is 52.1 Å². The third kappa shape index (κ3) is 2.82. The van der Waals surface area contributed by atoms with Crippen molar-refractivity contribution in [1.82, 2.24) is 4.90 Å². The molecule has 0 aromatic rings. The van der Waals surface area contributed by atoms with E-state index in [0.29, 0.717) is 6.04 Å². The van der Waals surface area contributed by atoms with Crippen molar-refractivity contribution in [1.29, 1.82) is 0 Å². The van der Waals surface area contributed by atoms with Gasteiger partial charge in [-0.2, -0.15) is 0 Å². The smallest absolute Gasteiger partial charge is 0.00355 e. The molecule has 0 amide bonds. The van der Waals surface area contributed by atoms with Gasteiger partial charge < -0.3 is 4.90 Å². The molecule has 1 aliphatic carbocycles. The lowest BCUT2D eigenvalue weighted by atomic mass is 10.1. The molecule has 11 heavy (non-hydrogen) atoms. The van der Waals surface area contributed by atoms with Crippen molar-refractivity contribution in [2.45, 2.75) is 46.1 Å². The largest absolute Gasteiger partial charge is 0.304 e. The summed E-state index contributed by atoms with van der Waals surface area (Å²) in [4.78, 5) is 2.43. The van der Waals surface area contributed by atoms with Gasteiger partial charge >= 0.3 is 0 Å². The van der Waals surface area contributed by atoms with Crippen molar-refractivity contribution >= 4 is 0 Å². The highest BCUT2D eigenvalue weighted by atomic mass is 15.1. The monoisotopic (exact) mass is 155 g/mol. The van der Waals surface area contributed by atoms with E-state index in [1.165, 1.54) is 25.8 Å². The van der Waals surface area contributed by atoms with Gasteiger partial charge in [0, 0.05) is 6.04 Å². The van der Waals surface area contributed by atoms with Crippen LogP contribution in [0.1, 0.15) is 40.0 Å². The molecule has 0 aliphatic heterocycles. The highest BCUT2D eigenvalue weighted by molar-refractivity contribution is 4.88. The van der Waals surface area contributed by atoms with Gasteiger partial charge in [-0.25, -0.2) is 0 Å². The van der Waals surface area contributed by atoms with Crippen LogP contribution in [0, 0.1) is 5.41 Å². The summed E-state index contributed by atoms with van der Waals surface area (Å²) in [6.07, 6.45) is 4.31. The minimum atomic E-state index is 0.706. The molecule has 0 bridgehead atoms. The molecule has 1 heteroatoms. The van der Waals surface area contributed by atoms with Gasteiger partial charge in [0.1, 0.15) is 0 Å². The van der Waals surface area contributed by atoms with Crippen molar-refractivity contribution in [3.63, 3.8) is 0 Å². The molecule has 0 aromatic carbocycles. The first-order valence-electron chi connectivity index (χ1n) is 4.74. The third-order valence-corrected chi connectivity index (χ3v) is 3.05. The van der Waals surface area contributed by atoms with Crippen LogP contribution >= 0.6 is 0 Å². The van der Waals surface area contributed by atoms with Crippen LogP contribution in [0.4, 0.5) is 0 Å². The van der Waals surface area contributed by atoms with Crippen molar-refractivity contribution in [2.75, 3.05) is 13.6 Å². The average Bonchev–Trinajstić information content (AvgIpc) is 2.64. The summed E-state index contributed by atoms with van der Waals surface area (Å²) in [7, 11) is 2.22. The Morgan fingerprint density at radius 2 is 1.91 bits per heavy atom. The molecule has 1 saturated carbocycles. The molecule has 66 valence electrons. The number of nitrogens with zero attached hydrogens (tertiary/aromatic N) is 1. The molecule has 1 nitrogen and oxygen atoms in total. The van der Waals surface area contributed by atoms with Crippen LogP contribution < -0.4 is 0 Å². The highest BCUT2D eigenvalue weighted by Gasteiger charge is 2.36. The SMILES string of the molecule is CC(C)N(C)CCC1(C)CC1. The lowest BCUT2D eigenvalue weighted by Gasteiger charge is -2.22. The summed E-state index contributed by atoms with van der Waals surface area (Å²) in [5.41, 5.74) is 0.725. The minimum absolute atomic E-state index is 0.706. The summed E-state index contributed by atoms with van der Waals surface area (Å²) in [6, 6.07) is 0.706. The average molecular weight is 155 g/mol. The summed E-state index contributed by atoms with van der Waals surface area (Å²) in [5, 5.41) is 0. The first kappa shape index (κ1) is 9.05. The van der Waals surface area contributed by atoms with Crippen LogP contribution in [0.5, 0.6) is 0 Å². The zero-order chi connectivity index (χ0) is 8.48. The van der Waals surface area contributed by atoms with E-state index in [1.54, 1.807) is 0 Å².